The van der Waals surface area contributed by atoms with Gasteiger partial charge in [-0.15, -0.1) is 0 Å². The third-order valence-corrected chi connectivity index (χ3v) is 4.93. The summed E-state index contributed by atoms with van der Waals surface area (Å²) in [5, 5.41) is 9.96. The van der Waals surface area contributed by atoms with Crippen molar-refractivity contribution in [2.75, 3.05) is 4.90 Å². The fourth-order valence-corrected chi connectivity index (χ4v) is 3.68. The van der Waals surface area contributed by atoms with Crippen LogP contribution in [0.5, 0.6) is 0 Å². The van der Waals surface area contributed by atoms with Crippen LogP contribution in [0, 0.1) is 11.3 Å². The summed E-state index contributed by atoms with van der Waals surface area (Å²) >= 11 is 1.55. The maximum atomic E-state index is 9.20. The highest BCUT2D eigenvalue weighted by Crippen LogP contribution is 2.32. The first kappa shape index (κ1) is 16.2. The molecule has 1 aromatic carbocycles. The molecule has 6 nitrogen and oxygen atoms in total. The van der Waals surface area contributed by atoms with Gasteiger partial charge in [0.25, 0.3) is 6.02 Å². The monoisotopic (exact) mass is 361 g/mol. The number of para-hydroxylation sites is 1. The molecule has 0 fully saturated rings. The van der Waals surface area contributed by atoms with Crippen LogP contribution in [0.4, 0.5) is 5.13 Å². The number of benzene rings is 1. The van der Waals surface area contributed by atoms with Gasteiger partial charge in [-0.05, 0) is 30.3 Å². The van der Waals surface area contributed by atoms with E-state index >= 15 is 0 Å². The van der Waals surface area contributed by atoms with Crippen LogP contribution in [0.2, 0.25) is 0 Å². The van der Waals surface area contributed by atoms with E-state index in [0.717, 1.165) is 21.0 Å². The number of aliphatic imine (C=N–C) groups is 1. The number of aromatic nitrogens is 2. The Labute approximate surface area is 154 Å². The minimum Gasteiger partial charge on any atom is -0.458 e. The molecule has 0 N–H and O–H groups in total. The highest BCUT2D eigenvalue weighted by molar-refractivity contribution is 7.22. The van der Waals surface area contributed by atoms with Gasteiger partial charge in [-0.1, -0.05) is 29.5 Å². The Morgan fingerprint density at radius 2 is 2.08 bits per heavy atom. The van der Waals surface area contributed by atoms with Gasteiger partial charge in [0, 0.05) is 12.4 Å². The molecule has 3 heterocycles. The van der Waals surface area contributed by atoms with Crippen molar-refractivity contribution in [2.24, 2.45) is 4.99 Å². The third kappa shape index (κ3) is 3.27. The maximum Gasteiger partial charge on any atom is 0.299 e. The number of rotatable bonds is 4. The molecule has 0 saturated heterocycles. The second-order valence-electron chi connectivity index (χ2n) is 5.63. The number of nitrogens with zero attached hydrogens (tertiary/aromatic N) is 5. The Morgan fingerprint density at radius 3 is 2.88 bits per heavy atom. The Balaban J connectivity index is 1.65. The molecule has 0 radical (unpaired) electrons. The van der Waals surface area contributed by atoms with Gasteiger partial charge in [0.1, 0.15) is 6.61 Å². The normalized spacial score (nSPS) is 16.3. The zero-order valence-electron chi connectivity index (χ0n) is 13.8. The second kappa shape index (κ2) is 7.33. The summed E-state index contributed by atoms with van der Waals surface area (Å²) in [5.41, 5.74) is 1.73. The minimum absolute atomic E-state index is 0.170. The molecular weight excluding hydrogens is 346 g/mol. The van der Waals surface area contributed by atoms with Crippen LogP contribution in [-0.4, -0.2) is 22.0 Å². The van der Waals surface area contributed by atoms with E-state index in [2.05, 4.69) is 16.0 Å². The van der Waals surface area contributed by atoms with Crippen molar-refractivity contribution in [2.45, 2.75) is 19.1 Å². The van der Waals surface area contributed by atoms with Crippen LogP contribution < -0.4 is 4.90 Å². The Hall–Kier alpha value is -3.24. The smallest absolute Gasteiger partial charge is 0.299 e. The first-order valence-electron chi connectivity index (χ1n) is 8.14. The van der Waals surface area contributed by atoms with Gasteiger partial charge in [0.15, 0.2) is 5.13 Å². The molecule has 3 aromatic rings. The zero-order chi connectivity index (χ0) is 17.8. The third-order valence-electron chi connectivity index (χ3n) is 3.90. The lowest BCUT2D eigenvalue weighted by Gasteiger charge is -2.30. The first-order valence-corrected chi connectivity index (χ1v) is 8.96. The zero-order valence-corrected chi connectivity index (χ0v) is 14.6. The van der Waals surface area contributed by atoms with E-state index in [9.17, 15) is 5.26 Å². The van der Waals surface area contributed by atoms with Crippen molar-refractivity contribution >= 4 is 32.7 Å². The molecule has 0 bridgehead atoms. The Morgan fingerprint density at radius 1 is 1.19 bits per heavy atom. The highest BCUT2D eigenvalue weighted by atomic mass is 32.1. The largest absolute Gasteiger partial charge is 0.458 e. The molecule has 0 amide bonds. The Kier molecular flexibility index (Phi) is 4.58. The lowest BCUT2D eigenvalue weighted by Crippen LogP contribution is -2.42. The van der Waals surface area contributed by atoms with Crippen LogP contribution in [0.3, 0.4) is 0 Å². The fraction of sp³-hybridized carbons (Fsp3) is 0.158. The predicted octanol–water partition coefficient (Wildman–Crippen LogP) is 3.88. The van der Waals surface area contributed by atoms with E-state index in [1.807, 2.05) is 53.4 Å². The maximum absolute atomic E-state index is 9.20. The van der Waals surface area contributed by atoms with Gasteiger partial charge in [0.05, 0.1) is 34.4 Å². The molecule has 128 valence electrons. The average Bonchev–Trinajstić information content (AvgIpc) is 3.11. The number of hydrogen-bond acceptors (Lipinski definition) is 7. The van der Waals surface area contributed by atoms with E-state index in [-0.39, 0.29) is 6.04 Å². The number of pyridine rings is 1. The average molecular weight is 361 g/mol. The summed E-state index contributed by atoms with van der Waals surface area (Å²) in [4.78, 5) is 15.2. The first-order chi connectivity index (χ1) is 12.8. The summed E-state index contributed by atoms with van der Waals surface area (Å²) in [7, 11) is 0. The number of anilines is 1. The van der Waals surface area contributed by atoms with Crippen LogP contribution >= 0.6 is 11.3 Å². The quantitative estimate of drug-likeness (QED) is 0.705. The SMILES string of the molecule is N#CCC1C=CN=C(OCc2ccccn2)N1c1nc2ccccc2s1. The van der Waals surface area contributed by atoms with E-state index in [4.69, 9.17) is 9.72 Å². The summed E-state index contributed by atoms with van der Waals surface area (Å²) in [6, 6.07) is 16.1. The van der Waals surface area contributed by atoms with E-state index in [1.165, 1.54) is 0 Å². The summed E-state index contributed by atoms with van der Waals surface area (Å²) in [6.07, 6.45) is 5.62. The van der Waals surface area contributed by atoms with E-state index in [1.54, 1.807) is 23.7 Å². The van der Waals surface area contributed by atoms with E-state index in [0.29, 0.717) is 19.0 Å². The van der Waals surface area contributed by atoms with Gasteiger partial charge >= 0.3 is 0 Å². The van der Waals surface area contributed by atoms with Gasteiger partial charge < -0.3 is 4.74 Å². The molecule has 1 aliphatic rings. The van der Waals surface area contributed by atoms with Crippen LogP contribution in [0.25, 0.3) is 10.2 Å². The van der Waals surface area contributed by atoms with Crippen molar-refractivity contribution in [1.29, 1.82) is 5.26 Å². The number of fused-ring (bicyclic) bond motifs is 1. The molecule has 26 heavy (non-hydrogen) atoms. The highest BCUT2D eigenvalue weighted by Gasteiger charge is 2.28. The standard InChI is InChI=1S/C19H15N5OS/c20-10-8-15-9-12-22-18(25-13-14-5-3-4-11-21-14)24(15)19-23-16-6-1-2-7-17(16)26-19/h1-7,9,11-12,15H,8,13H2. The molecule has 0 saturated carbocycles. The molecule has 1 unspecified atom stereocenters. The van der Waals surface area contributed by atoms with Gasteiger partial charge in [-0.3, -0.25) is 9.88 Å². The summed E-state index contributed by atoms with van der Waals surface area (Å²) in [6.45, 7) is 0.300. The summed E-state index contributed by atoms with van der Waals surface area (Å²) in [5.74, 6) is 0. The van der Waals surface area contributed by atoms with Crippen LogP contribution in [-0.2, 0) is 11.3 Å². The van der Waals surface area contributed by atoms with Gasteiger partial charge in [-0.25, -0.2) is 9.98 Å². The number of hydrogen-bond donors (Lipinski definition) is 0. The van der Waals surface area contributed by atoms with Crippen molar-refractivity contribution in [3.63, 3.8) is 0 Å². The van der Waals surface area contributed by atoms with E-state index < -0.39 is 0 Å². The molecule has 1 atom stereocenters. The lowest BCUT2D eigenvalue weighted by molar-refractivity contribution is 0.276. The van der Waals surface area contributed by atoms with Crippen molar-refractivity contribution in [3.8, 4) is 6.07 Å². The van der Waals surface area contributed by atoms with Crippen LogP contribution in [0.1, 0.15) is 12.1 Å². The lowest BCUT2D eigenvalue weighted by atomic mass is 10.2. The van der Waals surface area contributed by atoms with Crippen molar-refractivity contribution in [3.05, 3.63) is 66.6 Å². The van der Waals surface area contributed by atoms with Gasteiger partial charge in [-0.2, -0.15) is 5.26 Å². The van der Waals surface area contributed by atoms with Crippen molar-refractivity contribution in [1.82, 2.24) is 9.97 Å². The fourth-order valence-electron chi connectivity index (χ4n) is 2.66. The molecule has 0 spiro atoms. The molecule has 2 aromatic heterocycles. The number of nitriles is 1. The summed E-state index contributed by atoms with van der Waals surface area (Å²) < 4.78 is 7.01. The molecule has 0 aliphatic carbocycles. The minimum atomic E-state index is -0.170. The number of ether oxygens (including phenoxy) is 1. The molecule has 4 rings (SSSR count). The number of thiazole rings is 1. The van der Waals surface area contributed by atoms with Crippen LogP contribution in [0.15, 0.2) is 65.9 Å². The Bertz CT molecular complexity index is 972. The second-order valence-corrected chi connectivity index (χ2v) is 6.64. The molecule has 1 aliphatic heterocycles. The van der Waals surface area contributed by atoms with Gasteiger partial charge in [0.2, 0.25) is 0 Å². The predicted molar refractivity (Wildman–Crippen MR) is 102 cm³/mol. The topological polar surface area (TPSA) is 74.4 Å². The molecular formula is C19H15N5OS. The molecule has 7 heteroatoms. The van der Waals surface area contributed by atoms with Crippen molar-refractivity contribution < 1.29 is 4.74 Å². The number of amidine groups is 1.